The number of carboxylic acids is 1. The first-order valence-corrected chi connectivity index (χ1v) is 8.42. The van der Waals surface area contributed by atoms with Crippen LogP contribution in [0.3, 0.4) is 0 Å². The molecule has 4 nitrogen and oxygen atoms in total. The Bertz CT molecular complexity index is 393. The van der Waals surface area contributed by atoms with Gasteiger partial charge in [-0.05, 0) is 38.0 Å². The van der Waals surface area contributed by atoms with E-state index in [1.165, 1.54) is 0 Å². The molecule has 2 saturated carbocycles. The molecule has 0 aliphatic heterocycles. The second-order valence-corrected chi connectivity index (χ2v) is 7.56. The summed E-state index contributed by atoms with van der Waals surface area (Å²) in [5.41, 5.74) is -0.945. The highest BCUT2D eigenvalue weighted by Gasteiger charge is 2.46. The van der Waals surface area contributed by atoms with Gasteiger partial charge in [-0.25, -0.2) is 0 Å². The fourth-order valence-electron chi connectivity index (χ4n) is 4.04. The molecule has 2 aliphatic carbocycles. The van der Waals surface area contributed by atoms with Crippen molar-refractivity contribution in [1.82, 2.24) is 5.32 Å². The van der Waals surface area contributed by atoms with Crippen LogP contribution in [0.4, 0.5) is 0 Å². The van der Waals surface area contributed by atoms with Gasteiger partial charge in [-0.2, -0.15) is 0 Å². The van der Waals surface area contributed by atoms with E-state index >= 15 is 0 Å². The number of amides is 1. The average molecular weight is 295 g/mol. The number of aliphatic carboxylic acids is 1. The largest absolute Gasteiger partial charge is 0.481 e. The highest BCUT2D eigenvalue weighted by molar-refractivity contribution is 5.84. The Hall–Kier alpha value is -1.06. The molecule has 0 bridgehead atoms. The molecule has 2 rings (SSSR count). The monoisotopic (exact) mass is 295 g/mol. The summed E-state index contributed by atoms with van der Waals surface area (Å²) in [6.45, 7) is 4.60. The molecule has 1 amide bonds. The van der Waals surface area contributed by atoms with Crippen LogP contribution in [0, 0.1) is 16.7 Å². The van der Waals surface area contributed by atoms with E-state index in [4.69, 9.17) is 0 Å². The van der Waals surface area contributed by atoms with Gasteiger partial charge in [-0.15, -0.1) is 0 Å². The van der Waals surface area contributed by atoms with Crippen LogP contribution in [-0.2, 0) is 9.59 Å². The molecule has 4 heteroatoms. The zero-order valence-electron chi connectivity index (χ0n) is 13.4. The summed E-state index contributed by atoms with van der Waals surface area (Å²) in [7, 11) is 0. The molecule has 0 aromatic carbocycles. The van der Waals surface area contributed by atoms with E-state index in [-0.39, 0.29) is 11.3 Å². The van der Waals surface area contributed by atoms with Crippen LogP contribution in [0.25, 0.3) is 0 Å². The summed E-state index contributed by atoms with van der Waals surface area (Å²) in [5, 5.41) is 12.6. The summed E-state index contributed by atoms with van der Waals surface area (Å²) in [6.07, 6.45) is 8.36. The maximum atomic E-state index is 12.6. The third-order valence-electron chi connectivity index (χ3n) is 5.44. The molecule has 0 heterocycles. The van der Waals surface area contributed by atoms with Crippen molar-refractivity contribution >= 4 is 11.9 Å². The molecule has 0 spiro atoms. The summed E-state index contributed by atoms with van der Waals surface area (Å²) < 4.78 is 0. The van der Waals surface area contributed by atoms with Crippen molar-refractivity contribution in [1.29, 1.82) is 0 Å². The van der Waals surface area contributed by atoms with Crippen LogP contribution in [0.2, 0.25) is 0 Å². The lowest BCUT2D eigenvalue weighted by Gasteiger charge is -2.42. The van der Waals surface area contributed by atoms with E-state index in [1.54, 1.807) is 0 Å². The van der Waals surface area contributed by atoms with Gasteiger partial charge in [0.1, 0.15) is 0 Å². The number of hydrogen-bond acceptors (Lipinski definition) is 2. The molecule has 0 unspecified atom stereocenters. The van der Waals surface area contributed by atoms with E-state index in [9.17, 15) is 14.7 Å². The third-order valence-corrected chi connectivity index (χ3v) is 5.44. The van der Waals surface area contributed by atoms with Crippen molar-refractivity contribution in [2.45, 2.75) is 71.6 Å². The minimum atomic E-state index is -0.742. The fraction of sp³-hybridized carbons (Fsp3) is 0.882. The minimum absolute atomic E-state index is 0.0913. The maximum Gasteiger partial charge on any atom is 0.311 e. The molecule has 0 atom stereocenters. The fourth-order valence-corrected chi connectivity index (χ4v) is 4.04. The van der Waals surface area contributed by atoms with E-state index in [0.29, 0.717) is 25.3 Å². The molecule has 0 aromatic heterocycles. The molecule has 2 N–H and O–H groups in total. The van der Waals surface area contributed by atoms with Crippen molar-refractivity contribution < 1.29 is 14.7 Å². The van der Waals surface area contributed by atoms with Crippen LogP contribution in [0.15, 0.2) is 0 Å². The molecule has 2 fully saturated rings. The molecule has 0 saturated heterocycles. The van der Waals surface area contributed by atoms with Crippen LogP contribution >= 0.6 is 0 Å². The smallest absolute Gasteiger partial charge is 0.311 e. The molecule has 0 aromatic rings. The molecule has 2 aliphatic rings. The SMILES string of the molecule is CC(C)CC1(C(=O)NCC2(C(=O)O)CCCCC2)CCC1. The van der Waals surface area contributed by atoms with Gasteiger partial charge in [-0.3, -0.25) is 9.59 Å². The van der Waals surface area contributed by atoms with Gasteiger partial charge in [0.05, 0.1) is 5.41 Å². The van der Waals surface area contributed by atoms with Crippen LogP contribution in [-0.4, -0.2) is 23.5 Å². The second-order valence-electron chi connectivity index (χ2n) is 7.56. The lowest BCUT2D eigenvalue weighted by atomic mass is 9.63. The highest BCUT2D eigenvalue weighted by atomic mass is 16.4. The van der Waals surface area contributed by atoms with E-state index < -0.39 is 11.4 Å². The predicted octanol–water partition coefficient (Wildman–Crippen LogP) is 3.35. The number of carbonyl (C=O) groups excluding carboxylic acids is 1. The first kappa shape index (κ1) is 16.3. The lowest BCUT2D eigenvalue weighted by molar-refractivity contribution is -0.151. The second kappa shape index (κ2) is 6.37. The third kappa shape index (κ3) is 3.41. The van der Waals surface area contributed by atoms with Crippen molar-refractivity contribution in [2.75, 3.05) is 6.54 Å². The summed E-state index contributed by atoms with van der Waals surface area (Å²) in [6, 6.07) is 0. The summed E-state index contributed by atoms with van der Waals surface area (Å²) in [4.78, 5) is 24.2. The molecule has 21 heavy (non-hydrogen) atoms. The number of rotatable bonds is 6. The standard InChI is InChI=1S/C17H29NO3/c1-13(2)11-16(9-6-10-16)14(19)18-12-17(15(20)21)7-4-3-5-8-17/h13H,3-12H2,1-2H3,(H,18,19)(H,20,21). The average Bonchev–Trinajstić information content (AvgIpc) is 2.41. The van der Waals surface area contributed by atoms with Gasteiger partial charge in [-0.1, -0.05) is 39.5 Å². The Morgan fingerprint density at radius 1 is 1.00 bits per heavy atom. The Kier molecular flexibility index (Phi) is 4.95. The Morgan fingerprint density at radius 3 is 2.00 bits per heavy atom. The van der Waals surface area contributed by atoms with E-state index in [0.717, 1.165) is 44.9 Å². The minimum Gasteiger partial charge on any atom is -0.481 e. The predicted molar refractivity (Wildman–Crippen MR) is 81.9 cm³/mol. The number of carboxylic acid groups (broad SMARTS) is 1. The number of nitrogens with one attached hydrogen (secondary N) is 1. The van der Waals surface area contributed by atoms with Crippen molar-refractivity contribution in [3.05, 3.63) is 0 Å². The topological polar surface area (TPSA) is 66.4 Å². The quantitative estimate of drug-likeness (QED) is 0.789. The van der Waals surface area contributed by atoms with Crippen molar-refractivity contribution in [3.63, 3.8) is 0 Å². The van der Waals surface area contributed by atoms with E-state index in [1.807, 2.05) is 0 Å². The first-order valence-electron chi connectivity index (χ1n) is 8.42. The first-order chi connectivity index (χ1) is 9.90. The normalized spacial score (nSPS) is 23.4. The number of carbonyl (C=O) groups is 2. The van der Waals surface area contributed by atoms with Crippen LogP contribution in [0.5, 0.6) is 0 Å². The summed E-state index contributed by atoms with van der Waals surface area (Å²) in [5.74, 6) is -0.151. The van der Waals surface area contributed by atoms with Crippen LogP contribution in [0.1, 0.15) is 71.6 Å². The van der Waals surface area contributed by atoms with Gasteiger partial charge >= 0.3 is 5.97 Å². The molecule has 120 valence electrons. The molecular weight excluding hydrogens is 266 g/mol. The Balaban J connectivity index is 1.97. The van der Waals surface area contributed by atoms with Gasteiger partial charge < -0.3 is 10.4 Å². The van der Waals surface area contributed by atoms with Gasteiger partial charge in [0, 0.05) is 12.0 Å². The van der Waals surface area contributed by atoms with Crippen molar-refractivity contribution in [2.24, 2.45) is 16.7 Å². The lowest BCUT2D eigenvalue weighted by Crippen LogP contribution is -2.51. The molecular formula is C17H29NO3. The van der Waals surface area contributed by atoms with Crippen molar-refractivity contribution in [3.8, 4) is 0 Å². The Morgan fingerprint density at radius 2 is 1.57 bits per heavy atom. The Labute approximate surface area is 127 Å². The van der Waals surface area contributed by atoms with E-state index in [2.05, 4.69) is 19.2 Å². The maximum absolute atomic E-state index is 12.6. The molecule has 0 radical (unpaired) electrons. The highest BCUT2D eigenvalue weighted by Crippen LogP contribution is 2.46. The van der Waals surface area contributed by atoms with Gasteiger partial charge in [0.2, 0.25) is 5.91 Å². The van der Waals surface area contributed by atoms with Gasteiger partial charge in [0.15, 0.2) is 0 Å². The zero-order chi connectivity index (χ0) is 15.5. The zero-order valence-corrected chi connectivity index (χ0v) is 13.4. The van der Waals surface area contributed by atoms with Crippen LogP contribution < -0.4 is 5.32 Å². The number of hydrogen-bond donors (Lipinski definition) is 2. The summed E-state index contributed by atoms with van der Waals surface area (Å²) >= 11 is 0. The van der Waals surface area contributed by atoms with Gasteiger partial charge in [0.25, 0.3) is 0 Å².